The van der Waals surface area contributed by atoms with Gasteiger partial charge in [0.15, 0.2) is 0 Å². The predicted molar refractivity (Wildman–Crippen MR) is 79.4 cm³/mol. The fourth-order valence-corrected chi connectivity index (χ4v) is 2.25. The van der Waals surface area contributed by atoms with Gasteiger partial charge >= 0.3 is 5.97 Å². The maximum Gasteiger partial charge on any atom is 0.330 e. The van der Waals surface area contributed by atoms with Gasteiger partial charge < -0.3 is 9.15 Å². The third-order valence-electron chi connectivity index (χ3n) is 3.12. The molecule has 3 nitrogen and oxygen atoms in total. The van der Waals surface area contributed by atoms with Gasteiger partial charge in [0.05, 0.1) is 6.61 Å². The fraction of sp³-hybridized carbons (Fsp3) is 0.118. The van der Waals surface area contributed by atoms with Crippen LogP contribution in [0.2, 0.25) is 0 Å². The number of rotatable bonds is 3. The second-order valence-electron chi connectivity index (χ2n) is 4.41. The number of carbonyl (C=O) groups excluding carboxylic acids is 1. The first-order valence-electron chi connectivity index (χ1n) is 6.54. The Labute approximate surface area is 116 Å². The Bertz CT molecular complexity index is 796. The smallest absolute Gasteiger partial charge is 0.330 e. The largest absolute Gasteiger partial charge is 0.463 e. The first kappa shape index (κ1) is 12.5. The molecule has 0 aliphatic rings. The zero-order chi connectivity index (χ0) is 13.9. The summed E-state index contributed by atoms with van der Waals surface area (Å²) in [6, 6.07) is 13.8. The van der Waals surface area contributed by atoms with E-state index in [1.807, 2.05) is 42.5 Å². The molecule has 1 heterocycles. The van der Waals surface area contributed by atoms with Crippen molar-refractivity contribution in [3.63, 3.8) is 0 Å². The lowest BCUT2D eigenvalue weighted by atomic mass is 10.1. The summed E-state index contributed by atoms with van der Waals surface area (Å²) in [4.78, 5) is 11.4. The summed E-state index contributed by atoms with van der Waals surface area (Å²) in [7, 11) is 0. The van der Waals surface area contributed by atoms with Crippen LogP contribution in [0.15, 0.2) is 53.0 Å². The van der Waals surface area contributed by atoms with Gasteiger partial charge in [0, 0.05) is 22.4 Å². The molecule has 0 fully saturated rings. The highest BCUT2D eigenvalue weighted by atomic mass is 16.5. The molecule has 3 aromatic rings. The molecule has 0 atom stereocenters. The van der Waals surface area contributed by atoms with Crippen LogP contribution in [-0.4, -0.2) is 12.6 Å². The fourth-order valence-electron chi connectivity index (χ4n) is 2.25. The number of hydrogen-bond acceptors (Lipinski definition) is 3. The maximum atomic E-state index is 11.4. The molecule has 0 unspecified atom stereocenters. The average molecular weight is 266 g/mol. The van der Waals surface area contributed by atoms with E-state index in [1.165, 1.54) is 6.08 Å². The van der Waals surface area contributed by atoms with E-state index in [4.69, 9.17) is 9.15 Å². The number of benzene rings is 2. The minimum atomic E-state index is -0.347. The molecule has 2 aromatic carbocycles. The SMILES string of the molecule is CCOC(=O)C=Cc1cccc2c1oc1ccccc12. The summed E-state index contributed by atoms with van der Waals surface area (Å²) in [6.45, 7) is 2.16. The maximum absolute atomic E-state index is 11.4. The van der Waals surface area contributed by atoms with Crippen molar-refractivity contribution in [2.24, 2.45) is 0 Å². The first-order chi connectivity index (χ1) is 9.79. The lowest BCUT2D eigenvalue weighted by molar-refractivity contribution is -0.137. The van der Waals surface area contributed by atoms with E-state index < -0.39 is 0 Å². The second kappa shape index (κ2) is 5.21. The van der Waals surface area contributed by atoms with Crippen LogP contribution in [0.4, 0.5) is 0 Å². The zero-order valence-corrected chi connectivity index (χ0v) is 11.1. The van der Waals surface area contributed by atoms with Gasteiger partial charge in [-0.15, -0.1) is 0 Å². The third kappa shape index (κ3) is 2.18. The van der Waals surface area contributed by atoms with Crippen LogP contribution in [-0.2, 0) is 9.53 Å². The van der Waals surface area contributed by atoms with Gasteiger partial charge in [-0.05, 0) is 19.1 Å². The second-order valence-corrected chi connectivity index (χ2v) is 4.41. The quantitative estimate of drug-likeness (QED) is 0.527. The number of fused-ring (bicyclic) bond motifs is 3. The van der Waals surface area contributed by atoms with Crippen LogP contribution in [0.1, 0.15) is 12.5 Å². The monoisotopic (exact) mass is 266 g/mol. The van der Waals surface area contributed by atoms with Crippen molar-refractivity contribution in [2.75, 3.05) is 6.61 Å². The Hall–Kier alpha value is -2.55. The van der Waals surface area contributed by atoms with E-state index in [9.17, 15) is 4.79 Å². The average Bonchev–Trinajstić information content (AvgIpc) is 2.84. The Kier molecular flexibility index (Phi) is 3.25. The third-order valence-corrected chi connectivity index (χ3v) is 3.12. The molecule has 100 valence electrons. The molecular formula is C17H14O3. The first-order valence-corrected chi connectivity index (χ1v) is 6.54. The molecular weight excluding hydrogens is 252 g/mol. The van der Waals surface area contributed by atoms with Gasteiger partial charge in [-0.3, -0.25) is 0 Å². The van der Waals surface area contributed by atoms with Crippen molar-refractivity contribution in [3.05, 3.63) is 54.1 Å². The van der Waals surface area contributed by atoms with Crippen molar-refractivity contribution in [2.45, 2.75) is 6.92 Å². The summed E-state index contributed by atoms with van der Waals surface area (Å²) in [5.41, 5.74) is 2.50. The van der Waals surface area contributed by atoms with Crippen molar-refractivity contribution >= 4 is 34.0 Å². The van der Waals surface area contributed by atoms with Crippen LogP contribution < -0.4 is 0 Å². The Morgan fingerprint density at radius 2 is 1.95 bits per heavy atom. The van der Waals surface area contributed by atoms with Crippen molar-refractivity contribution in [1.82, 2.24) is 0 Å². The van der Waals surface area contributed by atoms with Gasteiger partial charge in [0.1, 0.15) is 11.2 Å². The van der Waals surface area contributed by atoms with E-state index in [0.29, 0.717) is 6.61 Å². The molecule has 0 amide bonds. The standard InChI is InChI=1S/C17H14O3/c1-2-19-16(18)11-10-12-6-5-8-14-13-7-3-4-9-15(13)20-17(12)14/h3-11H,2H2,1H3. The minimum absolute atomic E-state index is 0.347. The van der Waals surface area contributed by atoms with Gasteiger partial charge in [0.2, 0.25) is 0 Å². The number of carbonyl (C=O) groups is 1. The Morgan fingerprint density at radius 3 is 2.80 bits per heavy atom. The summed E-state index contributed by atoms with van der Waals surface area (Å²) >= 11 is 0. The highest BCUT2D eigenvalue weighted by molar-refractivity contribution is 6.07. The molecule has 20 heavy (non-hydrogen) atoms. The number of ether oxygens (including phenoxy) is 1. The highest BCUT2D eigenvalue weighted by Gasteiger charge is 2.08. The molecule has 3 rings (SSSR count). The number of furan rings is 1. The zero-order valence-electron chi connectivity index (χ0n) is 11.1. The Balaban J connectivity index is 2.10. The van der Waals surface area contributed by atoms with Crippen LogP contribution in [0, 0.1) is 0 Å². The lowest BCUT2D eigenvalue weighted by Gasteiger charge is -1.96. The lowest BCUT2D eigenvalue weighted by Crippen LogP contribution is -1.98. The van der Waals surface area contributed by atoms with Crippen LogP contribution in [0.25, 0.3) is 28.0 Å². The molecule has 0 N–H and O–H groups in total. The molecule has 1 aromatic heterocycles. The van der Waals surface area contributed by atoms with E-state index >= 15 is 0 Å². The topological polar surface area (TPSA) is 39.4 Å². The molecule has 0 spiro atoms. The van der Waals surface area contributed by atoms with Gasteiger partial charge in [0.25, 0.3) is 0 Å². The predicted octanol–water partition coefficient (Wildman–Crippen LogP) is 4.16. The van der Waals surface area contributed by atoms with E-state index in [0.717, 1.165) is 27.5 Å². The summed E-state index contributed by atoms with van der Waals surface area (Å²) in [6.07, 6.45) is 3.15. The van der Waals surface area contributed by atoms with Crippen molar-refractivity contribution in [1.29, 1.82) is 0 Å². The van der Waals surface area contributed by atoms with E-state index in [1.54, 1.807) is 13.0 Å². The number of para-hydroxylation sites is 2. The van der Waals surface area contributed by atoms with E-state index in [2.05, 4.69) is 0 Å². The molecule has 0 aliphatic heterocycles. The summed E-state index contributed by atoms with van der Waals surface area (Å²) < 4.78 is 10.8. The normalized spacial score (nSPS) is 11.4. The highest BCUT2D eigenvalue weighted by Crippen LogP contribution is 2.31. The molecule has 0 saturated heterocycles. The van der Waals surface area contributed by atoms with Crippen LogP contribution in [0.5, 0.6) is 0 Å². The number of hydrogen-bond donors (Lipinski definition) is 0. The molecule has 0 radical (unpaired) electrons. The molecule has 0 bridgehead atoms. The van der Waals surface area contributed by atoms with Crippen LogP contribution in [0.3, 0.4) is 0 Å². The minimum Gasteiger partial charge on any atom is -0.463 e. The van der Waals surface area contributed by atoms with Crippen molar-refractivity contribution in [3.8, 4) is 0 Å². The van der Waals surface area contributed by atoms with Gasteiger partial charge in [-0.1, -0.05) is 36.4 Å². The molecule has 0 aliphatic carbocycles. The Morgan fingerprint density at radius 1 is 1.15 bits per heavy atom. The van der Waals surface area contributed by atoms with Gasteiger partial charge in [-0.2, -0.15) is 0 Å². The van der Waals surface area contributed by atoms with Crippen LogP contribution >= 0.6 is 0 Å². The molecule has 0 saturated carbocycles. The summed E-state index contributed by atoms with van der Waals surface area (Å²) in [5.74, 6) is -0.347. The summed E-state index contributed by atoms with van der Waals surface area (Å²) in [5, 5.41) is 2.13. The molecule has 3 heteroatoms. The van der Waals surface area contributed by atoms with Gasteiger partial charge in [-0.25, -0.2) is 4.79 Å². The van der Waals surface area contributed by atoms with E-state index in [-0.39, 0.29) is 5.97 Å². The number of esters is 1. The van der Waals surface area contributed by atoms with Crippen molar-refractivity contribution < 1.29 is 13.9 Å².